The molecule has 1 aliphatic heterocycles. The molecule has 0 saturated carbocycles. The highest BCUT2D eigenvalue weighted by atomic mass is 32.2. The van der Waals surface area contributed by atoms with Crippen LogP contribution in [0.25, 0.3) is 0 Å². The summed E-state index contributed by atoms with van der Waals surface area (Å²) in [7, 11) is -2.96. The first-order valence-electron chi connectivity index (χ1n) is 6.11. The fourth-order valence-corrected chi connectivity index (χ4v) is 4.16. The summed E-state index contributed by atoms with van der Waals surface area (Å²) < 4.78 is 24.1. The summed E-state index contributed by atoms with van der Waals surface area (Å²) >= 11 is 0. The van der Waals surface area contributed by atoms with Gasteiger partial charge in [0.15, 0.2) is 9.84 Å². The smallest absolute Gasteiger partial charge is 0.154 e. The largest absolute Gasteiger partial charge is 0.317 e. The van der Waals surface area contributed by atoms with E-state index < -0.39 is 9.84 Å². The summed E-state index contributed by atoms with van der Waals surface area (Å²) in [4.78, 5) is 0. The van der Waals surface area contributed by atoms with Crippen molar-refractivity contribution in [3.8, 4) is 0 Å². The van der Waals surface area contributed by atoms with Gasteiger partial charge in [-0.1, -0.05) is 30.3 Å². The van der Waals surface area contributed by atoms with E-state index in [1.807, 2.05) is 30.3 Å². The zero-order valence-electron chi connectivity index (χ0n) is 9.93. The normalized spacial score (nSPS) is 18.1. The average Bonchev–Trinajstić information content (AvgIpc) is 2.30. The fraction of sp³-hybridized carbons (Fsp3) is 0.538. The summed E-state index contributed by atoms with van der Waals surface area (Å²) in [5, 5.41) is 3.26. The first-order valence-corrected chi connectivity index (χ1v) is 7.93. The predicted molar refractivity (Wildman–Crippen MR) is 69.5 cm³/mol. The first kappa shape index (κ1) is 12.6. The molecule has 0 amide bonds. The van der Waals surface area contributed by atoms with Gasteiger partial charge in [-0.05, 0) is 37.4 Å². The second-order valence-corrected chi connectivity index (χ2v) is 6.84. The molecule has 0 aliphatic carbocycles. The van der Waals surface area contributed by atoms with Crippen LogP contribution < -0.4 is 5.32 Å². The molecule has 3 nitrogen and oxygen atoms in total. The molecule has 0 atom stereocenters. The third-order valence-corrected chi connectivity index (χ3v) is 4.93. The molecule has 0 bridgehead atoms. The molecule has 1 fully saturated rings. The van der Waals surface area contributed by atoms with Gasteiger partial charge in [0, 0.05) is 0 Å². The molecule has 0 aromatic heterocycles. The van der Waals surface area contributed by atoms with Gasteiger partial charge >= 0.3 is 0 Å². The molecule has 94 valence electrons. The second-order valence-electron chi connectivity index (χ2n) is 4.73. The number of sulfone groups is 1. The third kappa shape index (κ3) is 4.13. The maximum Gasteiger partial charge on any atom is 0.154 e. The van der Waals surface area contributed by atoms with Crippen molar-refractivity contribution in [1.82, 2.24) is 5.32 Å². The molecule has 4 heteroatoms. The monoisotopic (exact) mass is 253 g/mol. The molecule has 1 aromatic rings. The molecule has 2 rings (SSSR count). The van der Waals surface area contributed by atoms with Crippen LogP contribution >= 0.6 is 0 Å². The summed E-state index contributed by atoms with van der Waals surface area (Å²) in [6.45, 7) is 1.90. The van der Waals surface area contributed by atoms with E-state index in [4.69, 9.17) is 0 Å². The van der Waals surface area contributed by atoms with Crippen LogP contribution in [0.4, 0.5) is 0 Å². The Labute approximate surface area is 103 Å². The first-order chi connectivity index (χ1) is 8.16. The zero-order chi connectivity index (χ0) is 12.1. The van der Waals surface area contributed by atoms with E-state index in [1.165, 1.54) is 0 Å². The molecule has 0 spiro atoms. The molecule has 1 heterocycles. The van der Waals surface area contributed by atoms with Crippen LogP contribution in [-0.2, 0) is 15.6 Å². The lowest BCUT2D eigenvalue weighted by atomic mass is 10.0. The minimum Gasteiger partial charge on any atom is -0.317 e. The minimum atomic E-state index is -2.96. The maximum atomic E-state index is 12.0. The number of hydrogen-bond acceptors (Lipinski definition) is 3. The SMILES string of the molecule is O=S(=O)(Cc1ccccc1)CC1CCNCC1. The number of piperidine rings is 1. The Balaban J connectivity index is 1.94. The topological polar surface area (TPSA) is 46.2 Å². The number of hydrogen-bond donors (Lipinski definition) is 1. The lowest BCUT2D eigenvalue weighted by Gasteiger charge is -2.22. The Hall–Kier alpha value is -0.870. The second kappa shape index (κ2) is 5.65. The Morgan fingerprint density at radius 2 is 1.76 bits per heavy atom. The summed E-state index contributed by atoms with van der Waals surface area (Å²) in [6.07, 6.45) is 1.96. The predicted octanol–water partition coefficient (Wildman–Crippen LogP) is 1.60. The van der Waals surface area contributed by atoms with E-state index in [1.54, 1.807) is 0 Å². The van der Waals surface area contributed by atoms with Gasteiger partial charge in [0.2, 0.25) is 0 Å². The molecule has 1 aromatic carbocycles. The van der Waals surface area contributed by atoms with Crippen molar-refractivity contribution >= 4 is 9.84 Å². The molecule has 1 aliphatic rings. The quantitative estimate of drug-likeness (QED) is 0.886. The highest BCUT2D eigenvalue weighted by molar-refractivity contribution is 7.90. The van der Waals surface area contributed by atoms with E-state index in [0.717, 1.165) is 31.5 Å². The molecular weight excluding hydrogens is 234 g/mol. The van der Waals surface area contributed by atoms with Crippen LogP contribution in [0.15, 0.2) is 30.3 Å². The zero-order valence-corrected chi connectivity index (χ0v) is 10.7. The lowest BCUT2D eigenvalue weighted by Crippen LogP contribution is -2.31. The Bertz CT molecular complexity index is 436. The fourth-order valence-electron chi connectivity index (χ4n) is 2.29. The van der Waals surface area contributed by atoms with E-state index in [9.17, 15) is 8.42 Å². The molecule has 17 heavy (non-hydrogen) atoms. The Morgan fingerprint density at radius 3 is 2.41 bits per heavy atom. The number of nitrogens with one attached hydrogen (secondary N) is 1. The van der Waals surface area contributed by atoms with Crippen molar-refractivity contribution in [1.29, 1.82) is 0 Å². The van der Waals surface area contributed by atoms with Crippen LogP contribution in [0, 0.1) is 5.92 Å². The van der Waals surface area contributed by atoms with Crippen molar-refractivity contribution in [2.45, 2.75) is 18.6 Å². The van der Waals surface area contributed by atoms with Crippen LogP contribution in [0.3, 0.4) is 0 Å². The van der Waals surface area contributed by atoms with E-state index in [2.05, 4.69) is 5.32 Å². The van der Waals surface area contributed by atoms with Crippen molar-refractivity contribution in [2.75, 3.05) is 18.8 Å². The number of rotatable bonds is 4. The van der Waals surface area contributed by atoms with Gasteiger partial charge in [-0.2, -0.15) is 0 Å². The third-order valence-electron chi connectivity index (χ3n) is 3.18. The van der Waals surface area contributed by atoms with Crippen LogP contribution in [-0.4, -0.2) is 27.3 Å². The summed E-state index contributed by atoms with van der Waals surface area (Å²) in [5.74, 6) is 0.853. The van der Waals surface area contributed by atoms with E-state index >= 15 is 0 Å². The van der Waals surface area contributed by atoms with Gasteiger partial charge in [0.1, 0.15) is 0 Å². The molecular formula is C13H19NO2S. The minimum absolute atomic E-state index is 0.178. The molecule has 1 N–H and O–H groups in total. The van der Waals surface area contributed by atoms with E-state index in [0.29, 0.717) is 11.7 Å². The van der Waals surface area contributed by atoms with Gasteiger partial charge in [-0.3, -0.25) is 0 Å². The lowest BCUT2D eigenvalue weighted by molar-refractivity contribution is 0.401. The van der Waals surface area contributed by atoms with Gasteiger partial charge in [0.05, 0.1) is 11.5 Å². The van der Waals surface area contributed by atoms with Gasteiger partial charge < -0.3 is 5.32 Å². The Kier molecular flexibility index (Phi) is 4.18. The van der Waals surface area contributed by atoms with Crippen molar-refractivity contribution < 1.29 is 8.42 Å². The van der Waals surface area contributed by atoms with Gasteiger partial charge in [0.25, 0.3) is 0 Å². The van der Waals surface area contributed by atoms with Crippen LogP contribution in [0.5, 0.6) is 0 Å². The van der Waals surface area contributed by atoms with Crippen molar-refractivity contribution in [3.63, 3.8) is 0 Å². The average molecular weight is 253 g/mol. The highest BCUT2D eigenvalue weighted by Gasteiger charge is 2.21. The number of benzene rings is 1. The van der Waals surface area contributed by atoms with Crippen LogP contribution in [0.2, 0.25) is 0 Å². The van der Waals surface area contributed by atoms with Crippen LogP contribution in [0.1, 0.15) is 18.4 Å². The summed E-state index contributed by atoms with van der Waals surface area (Å²) in [5.41, 5.74) is 0.890. The molecule has 1 saturated heterocycles. The summed E-state index contributed by atoms with van der Waals surface area (Å²) in [6, 6.07) is 9.42. The Morgan fingerprint density at radius 1 is 1.12 bits per heavy atom. The van der Waals surface area contributed by atoms with Gasteiger partial charge in [-0.25, -0.2) is 8.42 Å². The highest BCUT2D eigenvalue weighted by Crippen LogP contribution is 2.17. The standard InChI is InChI=1S/C13H19NO2S/c15-17(16,10-12-4-2-1-3-5-12)11-13-6-8-14-9-7-13/h1-5,13-14H,6-11H2. The maximum absolute atomic E-state index is 12.0. The van der Waals surface area contributed by atoms with E-state index in [-0.39, 0.29) is 5.75 Å². The molecule has 0 unspecified atom stereocenters. The van der Waals surface area contributed by atoms with Crippen molar-refractivity contribution in [2.24, 2.45) is 5.92 Å². The van der Waals surface area contributed by atoms with Crippen molar-refractivity contribution in [3.05, 3.63) is 35.9 Å². The van der Waals surface area contributed by atoms with Gasteiger partial charge in [-0.15, -0.1) is 0 Å². The molecule has 0 radical (unpaired) electrons.